The van der Waals surface area contributed by atoms with Crippen molar-refractivity contribution in [3.63, 3.8) is 0 Å². The number of nitro groups is 1. The molecule has 1 fully saturated rings. The van der Waals surface area contributed by atoms with Gasteiger partial charge in [-0.05, 0) is 55.8 Å². The molecular formula is C20H23N3O4. The van der Waals surface area contributed by atoms with Crippen LogP contribution in [0, 0.1) is 10.1 Å². The zero-order valence-electron chi connectivity index (χ0n) is 15.2. The van der Waals surface area contributed by atoms with Gasteiger partial charge in [-0.3, -0.25) is 19.8 Å². The van der Waals surface area contributed by atoms with E-state index >= 15 is 0 Å². The van der Waals surface area contributed by atoms with Gasteiger partial charge in [0.15, 0.2) is 0 Å². The molecule has 1 saturated heterocycles. The van der Waals surface area contributed by atoms with Gasteiger partial charge in [0.05, 0.1) is 10.5 Å². The summed E-state index contributed by atoms with van der Waals surface area (Å²) in [6.45, 7) is 4.64. The Bertz CT molecular complexity index is 836. The van der Waals surface area contributed by atoms with E-state index in [1.54, 1.807) is 24.3 Å². The van der Waals surface area contributed by atoms with Crippen LogP contribution >= 0.6 is 0 Å². The molecule has 142 valence electrons. The molecule has 27 heavy (non-hydrogen) atoms. The van der Waals surface area contributed by atoms with Crippen molar-refractivity contribution >= 4 is 11.6 Å². The molecule has 1 amide bonds. The standard InChI is InChI=1S/C20H23N3O4/c1-2-22-11-3-4-16(22)13-21-20(25)15-7-10-18(19(12-15)23(26)27)14-5-8-17(24)9-6-14/h5-10,12,16,24H,2-4,11,13H2,1H3,(H,21,25). The van der Waals surface area contributed by atoms with Gasteiger partial charge in [-0.25, -0.2) is 0 Å². The van der Waals surface area contributed by atoms with E-state index in [0.717, 1.165) is 25.9 Å². The molecule has 1 aliphatic rings. The molecule has 1 atom stereocenters. The Morgan fingerprint density at radius 3 is 2.70 bits per heavy atom. The highest BCUT2D eigenvalue weighted by Gasteiger charge is 2.24. The fourth-order valence-corrected chi connectivity index (χ4v) is 3.56. The van der Waals surface area contributed by atoms with Crippen LogP contribution in [0.4, 0.5) is 5.69 Å². The summed E-state index contributed by atoms with van der Waals surface area (Å²) in [5, 5.41) is 23.8. The predicted molar refractivity (Wildman–Crippen MR) is 103 cm³/mol. The Kier molecular flexibility index (Phi) is 5.71. The second-order valence-corrected chi connectivity index (χ2v) is 6.67. The Morgan fingerprint density at radius 2 is 2.04 bits per heavy atom. The van der Waals surface area contributed by atoms with Crippen molar-refractivity contribution < 1.29 is 14.8 Å². The van der Waals surface area contributed by atoms with Crippen LogP contribution in [-0.4, -0.2) is 46.5 Å². The van der Waals surface area contributed by atoms with Crippen molar-refractivity contribution in [3.8, 4) is 16.9 Å². The molecule has 3 rings (SSSR count). The summed E-state index contributed by atoms with van der Waals surface area (Å²) < 4.78 is 0. The molecule has 2 aromatic carbocycles. The molecule has 1 unspecified atom stereocenters. The van der Waals surface area contributed by atoms with Crippen LogP contribution in [0.2, 0.25) is 0 Å². The number of benzene rings is 2. The number of nitro benzene ring substituents is 1. The van der Waals surface area contributed by atoms with Crippen molar-refractivity contribution in [2.75, 3.05) is 19.6 Å². The Hall–Kier alpha value is -2.93. The molecule has 0 bridgehead atoms. The van der Waals surface area contributed by atoms with Crippen LogP contribution in [0.1, 0.15) is 30.1 Å². The van der Waals surface area contributed by atoms with Crippen LogP contribution in [0.5, 0.6) is 5.75 Å². The van der Waals surface area contributed by atoms with Gasteiger partial charge >= 0.3 is 0 Å². The van der Waals surface area contributed by atoms with Gasteiger partial charge in [0, 0.05) is 24.2 Å². The van der Waals surface area contributed by atoms with E-state index in [4.69, 9.17) is 0 Å². The van der Waals surface area contributed by atoms with Crippen molar-refractivity contribution in [2.24, 2.45) is 0 Å². The minimum absolute atomic E-state index is 0.0884. The molecule has 7 heteroatoms. The molecule has 2 aromatic rings. The van der Waals surface area contributed by atoms with Crippen LogP contribution < -0.4 is 5.32 Å². The molecule has 2 N–H and O–H groups in total. The molecular weight excluding hydrogens is 346 g/mol. The van der Waals surface area contributed by atoms with Gasteiger partial charge in [0.1, 0.15) is 5.75 Å². The summed E-state index contributed by atoms with van der Waals surface area (Å²) in [5.74, 6) is -0.219. The Balaban J connectivity index is 1.78. The van der Waals surface area contributed by atoms with Gasteiger partial charge in [0.2, 0.25) is 0 Å². The normalized spacial score (nSPS) is 17.0. The van der Waals surface area contributed by atoms with E-state index in [0.29, 0.717) is 23.7 Å². The average Bonchev–Trinajstić information content (AvgIpc) is 3.14. The average molecular weight is 369 g/mol. The van der Waals surface area contributed by atoms with Gasteiger partial charge in [0.25, 0.3) is 11.6 Å². The SMILES string of the molecule is CCN1CCCC1CNC(=O)c1ccc(-c2ccc(O)cc2)c([N+](=O)[O-])c1. The zero-order valence-corrected chi connectivity index (χ0v) is 15.2. The van der Waals surface area contributed by atoms with Crippen LogP contribution in [0.3, 0.4) is 0 Å². The summed E-state index contributed by atoms with van der Waals surface area (Å²) in [7, 11) is 0. The monoisotopic (exact) mass is 369 g/mol. The van der Waals surface area contributed by atoms with E-state index in [1.807, 2.05) is 0 Å². The lowest BCUT2D eigenvalue weighted by Crippen LogP contribution is -2.40. The highest BCUT2D eigenvalue weighted by atomic mass is 16.6. The van der Waals surface area contributed by atoms with E-state index < -0.39 is 4.92 Å². The van der Waals surface area contributed by atoms with Crippen LogP contribution in [0.15, 0.2) is 42.5 Å². The molecule has 7 nitrogen and oxygen atoms in total. The first kappa shape index (κ1) is 18.8. The second kappa shape index (κ2) is 8.18. The summed E-state index contributed by atoms with van der Waals surface area (Å²) in [6.07, 6.45) is 2.18. The van der Waals surface area contributed by atoms with Gasteiger partial charge < -0.3 is 10.4 Å². The third-order valence-corrected chi connectivity index (χ3v) is 5.04. The lowest BCUT2D eigenvalue weighted by Gasteiger charge is -2.22. The number of nitrogens with one attached hydrogen (secondary N) is 1. The van der Waals surface area contributed by atoms with Crippen molar-refractivity contribution in [3.05, 3.63) is 58.1 Å². The summed E-state index contributed by atoms with van der Waals surface area (Å²) in [5.41, 5.74) is 1.15. The fourth-order valence-electron chi connectivity index (χ4n) is 3.56. The predicted octanol–water partition coefficient (Wildman–Crippen LogP) is 3.18. The van der Waals surface area contributed by atoms with Crippen molar-refractivity contribution in [1.29, 1.82) is 0 Å². The Labute approximate surface area is 157 Å². The minimum atomic E-state index is -0.491. The minimum Gasteiger partial charge on any atom is -0.508 e. The molecule has 0 radical (unpaired) electrons. The Morgan fingerprint density at radius 1 is 1.30 bits per heavy atom. The van der Waals surface area contributed by atoms with Crippen LogP contribution in [-0.2, 0) is 0 Å². The molecule has 0 aliphatic carbocycles. The number of carbonyl (C=O) groups excluding carboxylic acids is 1. The number of likely N-dealkylation sites (N-methyl/N-ethyl adjacent to an activating group) is 1. The topological polar surface area (TPSA) is 95.7 Å². The lowest BCUT2D eigenvalue weighted by molar-refractivity contribution is -0.384. The van der Waals surface area contributed by atoms with Gasteiger partial charge in [-0.1, -0.05) is 19.1 Å². The largest absolute Gasteiger partial charge is 0.508 e. The zero-order chi connectivity index (χ0) is 19.4. The first-order chi connectivity index (χ1) is 13.0. The molecule has 0 aromatic heterocycles. The third-order valence-electron chi connectivity index (χ3n) is 5.04. The lowest BCUT2D eigenvalue weighted by atomic mass is 10.0. The maximum atomic E-state index is 12.5. The first-order valence-electron chi connectivity index (χ1n) is 9.09. The van der Waals surface area contributed by atoms with E-state index in [9.17, 15) is 20.0 Å². The second-order valence-electron chi connectivity index (χ2n) is 6.67. The number of hydrogen-bond donors (Lipinski definition) is 2. The van der Waals surface area contributed by atoms with E-state index in [-0.39, 0.29) is 22.9 Å². The van der Waals surface area contributed by atoms with E-state index in [2.05, 4.69) is 17.1 Å². The maximum absolute atomic E-state index is 12.5. The highest BCUT2D eigenvalue weighted by Crippen LogP contribution is 2.31. The fraction of sp³-hybridized carbons (Fsp3) is 0.350. The summed E-state index contributed by atoms with van der Waals surface area (Å²) >= 11 is 0. The van der Waals surface area contributed by atoms with E-state index in [1.165, 1.54) is 18.2 Å². The molecule has 1 heterocycles. The number of nitrogens with zero attached hydrogens (tertiary/aromatic N) is 2. The number of rotatable bonds is 6. The number of phenols is 1. The number of hydrogen-bond acceptors (Lipinski definition) is 5. The smallest absolute Gasteiger partial charge is 0.277 e. The summed E-state index contributed by atoms with van der Waals surface area (Å²) in [4.78, 5) is 25.8. The highest BCUT2D eigenvalue weighted by molar-refractivity contribution is 5.96. The first-order valence-corrected chi connectivity index (χ1v) is 9.09. The number of phenolic OH excluding ortho intramolecular Hbond substituents is 1. The van der Waals surface area contributed by atoms with Gasteiger partial charge in [-0.15, -0.1) is 0 Å². The third kappa shape index (κ3) is 4.25. The van der Waals surface area contributed by atoms with Gasteiger partial charge in [-0.2, -0.15) is 0 Å². The van der Waals surface area contributed by atoms with Crippen molar-refractivity contribution in [1.82, 2.24) is 10.2 Å². The number of likely N-dealkylation sites (tertiary alicyclic amines) is 1. The number of aromatic hydroxyl groups is 1. The van der Waals surface area contributed by atoms with Crippen LogP contribution in [0.25, 0.3) is 11.1 Å². The quantitative estimate of drug-likeness (QED) is 0.602. The number of carbonyl (C=O) groups is 1. The molecule has 0 saturated carbocycles. The number of amides is 1. The molecule has 1 aliphatic heterocycles. The summed E-state index contributed by atoms with van der Waals surface area (Å²) in [6, 6.07) is 11.0. The molecule has 0 spiro atoms. The maximum Gasteiger partial charge on any atom is 0.277 e. The van der Waals surface area contributed by atoms with Crippen molar-refractivity contribution in [2.45, 2.75) is 25.8 Å².